The first-order valence-corrected chi connectivity index (χ1v) is 21.0. The van der Waals surface area contributed by atoms with Crippen molar-refractivity contribution in [3.05, 3.63) is 106 Å². The van der Waals surface area contributed by atoms with Crippen LogP contribution in [-0.4, -0.2) is 93.2 Å². The summed E-state index contributed by atoms with van der Waals surface area (Å²) in [6.07, 6.45) is 0. The van der Waals surface area contributed by atoms with Gasteiger partial charge in [-0.1, -0.05) is 28.2 Å². The Kier molecular flexibility index (Phi) is 14.1. The monoisotopic (exact) mass is 738 g/mol. The Hall–Kier alpha value is -4.37. The Morgan fingerprint density at radius 3 is 1.69 bits per heavy atom. The topological polar surface area (TPSA) is 106 Å². The predicted octanol–water partition coefficient (Wildman–Crippen LogP) is 4.85. The molecule has 1 aliphatic heterocycles. The second-order valence-electron chi connectivity index (χ2n) is 12.4. The van der Waals surface area contributed by atoms with Gasteiger partial charge in [-0.15, -0.1) is 0 Å². The number of aromatic nitrogens is 2. The van der Waals surface area contributed by atoms with Crippen LogP contribution in [0.25, 0.3) is 0 Å². The van der Waals surface area contributed by atoms with E-state index in [1.807, 2.05) is 73.7 Å². The average molecular weight is 739 g/mol. The van der Waals surface area contributed by atoms with Crippen LogP contribution < -0.4 is 25.7 Å². The van der Waals surface area contributed by atoms with E-state index in [1.165, 1.54) is 0 Å². The fourth-order valence-electron chi connectivity index (χ4n) is 5.65. The van der Waals surface area contributed by atoms with Gasteiger partial charge >= 0.3 is 7.80 Å². The molecule has 5 rings (SSSR count). The lowest BCUT2D eigenvalue weighted by Crippen LogP contribution is -2.36. The van der Waals surface area contributed by atoms with E-state index in [2.05, 4.69) is 38.8 Å². The Morgan fingerprint density at radius 2 is 1.21 bits per heavy atom. The number of methoxy groups -OCH3 is 2. The van der Waals surface area contributed by atoms with Gasteiger partial charge < -0.3 is 19.3 Å². The van der Waals surface area contributed by atoms with Gasteiger partial charge in [-0.05, 0) is 73.7 Å². The van der Waals surface area contributed by atoms with Crippen LogP contribution in [0.2, 0.25) is 0 Å². The molecule has 2 aromatic carbocycles. The van der Waals surface area contributed by atoms with Gasteiger partial charge in [0.1, 0.15) is 23.6 Å². The molecule has 0 bridgehead atoms. The molecule has 0 saturated carbocycles. The first-order valence-electron chi connectivity index (χ1n) is 17.3. The van der Waals surface area contributed by atoms with Crippen molar-refractivity contribution in [3.63, 3.8) is 0 Å². The third kappa shape index (κ3) is 11.6. The minimum atomic E-state index is -3.15. The quantitative estimate of drug-likeness (QED) is 0.179. The molecule has 2 unspecified atom stereocenters. The highest BCUT2D eigenvalue weighted by Gasteiger charge is 2.23. The van der Waals surface area contributed by atoms with Crippen LogP contribution >= 0.6 is 15.2 Å². The van der Waals surface area contributed by atoms with Gasteiger partial charge in [0.15, 0.2) is 0 Å². The van der Waals surface area contributed by atoms with Gasteiger partial charge in [0, 0.05) is 87.3 Å². The fraction of sp³-hybridized carbons (Fsp3) is 0.350. The van der Waals surface area contributed by atoms with E-state index in [9.17, 15) is 9.13 Å². The summed E-state index contributed by atoms with van der Waals surface area (Å²) in [6.45, 7) is 11.4. The SMILES string of the molecule is CCOP(C)(=O)c1cc(C#Cc2ccc(OC)cc2)cc(CN2CCNCCN(Cc3cc(C#Cc4ccc(OC)cc4)cc([P+](C)=O)n3)CC2)n1. The van der Waals surface area contributed by atoms with E-state index in [-0.39, 0.29) is 0 Å². The summed E-state index contributed by atoms with van der Waals surface area (Å²) in [7, 11) is -1.52. The number of benzene rings is 2. The van der Waals surface area contributed by atoms with Gasteiger partial charge in [-0.3, -0.25) is 14.4 Å². The summed E-state index contributed by atoms with van der Waals surface area (Å²) in [5, 5.41) is 3.56. The highest BCUT2D eigenvalue weighted by Crippen LogP contribution is 2.40. The molecule has 0 aliphatic carbocycles. The Morgan fingerprint density at radius 1 is 0.731 bits per heavy atom. The largest absolute Gasteiger partial charge is 0.497 e. The number of ether oxygens (including phenoxy) is 2. The zero-order valence-corrected chi connectivity index (χ0v) is 32.3. The van der Waals surface area contributed by atoms with Gasteiger partial charge in [0.05, 0.1) is 32.2 Å². The van der Waals surface area contributed by atoms with Crippen LogP contribution in [0.1, 0.15) is 40.6 Å². The van der Waals surface area contributed by atoms with Crippen molar-refractivity contribution in [1.29, 1.82) is 0 Å². The lowest BCUT2D eigenvalue weighted by molar-refractivity contribution is 0.207. The van der Waals surface area contributed by atoms with Gasteiger partial charge in [-0.2, -0.15) is 0 Å². The van der Waals surface area contributed by atoms with Crippen LogP contribution in [0.5, 0.6) is 11.5 Å². The number of pyridine rings is 2. The number of hydrogen-bond acceptors (Lipinski definition) is 10. The maximum Gasteiger partial charge on any atom is 0.393 e. The van der Waals surface area contributed by atoms with Crippen LogP contribution in [-0.2, 0) is 26.7 Å². The van der Waals surface area contributed by atoms with Crippen molar-refractivity contribution >= 4 is 26.0 Å². The summed E-state index contributed by atoms with van der Waals surface area (Å²) in [6, 6.07) is 22.7. The van der Waals surface area contributed by atoms with Gasteiger partial charge in [0.25, 0.3) is 5.44 Å². The van der Waals surface area contributed by atoms with E-state index in [0.29, 0.717) is 30.6 Å². The molecule has 1 fully saturated rings. The van der Waals surface area contributed by atoms with Gasteiger partial charge in [-0.25, -0.2) is 9.97 Å². The van der Waals surface area contributed by atoms with Crippen molar-refractivity contribution in [2.45, 2.75) is 20.0 Å². The van der Waals surface area contributed by atoms with Crippen molar-refractivity contribution in [2.75, 3.05) is 73.4 Å². The minimum Gasteiger partial charge on any atom is -0.497 e. The number of nitrogens with zero attached hydrogens (tertiary/aromatic N) is 4. The normalized spacial score (nSPS) is 15.4. The molecular weight excluding hydrogens is 692 g/mol. The van der Waals surface area contributed by atoms with E-state index < -0.39 is 15.2 Å². The highest BCUT2D eigenvalue weighted by atomic mass is 31.2. The molecule has 0 radical (unpaired) electrons. The smallest absolute Gasteiger partial charge is 0.393 e. The molecule has 270 valence electrons. The van der Waals surface area contributed by atoms with Crippen LogP contribution in [0.4, 0.5) is 0 Å². The average Bonchev–Trinajstić information content (AvgIpc) is 3.25. The highest BCUT2D eigenvalue weighted by molar-refractivity contribution is 7.65. The lowest BCUT2D eigenvalue weighted by Gasteiger charge is -2.25. The minimum absolute atomic E-state index is 0.323. The first kappa shape index (κ1) is 38.9. The van der Waals surface area contributed by atoms with E-state index in [4.69, 9.17) is 24.0 Å². The predicted molar refractivity (Wildman–Crippen MR) is 208 cm³/mol. The molecule has 12 heteroatoms. The molecule has 0 spiro atoms. The van der Waals surface area contributed by atoms with E-state index in [1.54, 1.807) is 33.6 Å². The molecular formula is C40H46N5O5P2+. The fourth-order valence-corrected chi connectivity index (χ4v) is 7.55. The molecule has 0 amide bonds. The lowest BCUT2D eigenvalue weighted by atomic mass is 10.1. The summed E-state index contributed by atoms with van der Waals surface area (Å²) in [5.74, 6) is 14.4. The third-order valence-electron chi connectivity index (χ3n) is 8.44. The maximum absolute atomic E-state index is 13.5. The molecule has 1 aliphatic rings. The molecule has 2 atom stereocenters. The summed E-state index contributed by atoms with van der Waals surface area (Å²) in [5.41, 5.74) is 5.80. The number of rotatable bonds is 10. The van der Waals surface area contributed by atoms with Crippen molar-refractivity contribution in [1.82, 2.24) is 25.1 Å². The van der Waals surface area contributed by atoms with Crippen LogP contribution in [0.3, 0.4) is 0 Å². The Balaban J connectivity index is 1.33. The van der Waals surface area contributed by atoms with Crippen molar-refractivity contribution in [2.24, 2.45) is 0 Å². The summed E-state index contributed by atoms with van der Waals surface area (Å²) in [4.78, 5) is 14.3. The number of hydrogen-bond donors (Lipinski definition) is 1. The first-order chi connectivity index (χ1) is 25.1. The zero-order chi connectivity index (χ0) is 36.9. The standard InChI is InChI=1S/C40H46N5O5P2/c1-6-50-52(5,47)40-28-34(10-8-32-13-17-38(49-3)18-14-32)26-36(43-40)30-45-22-20-41-19-21-44(23-24-45)29-35-25-33(27-39(42-35)51(4)46)9-7-31-11-15-37(48-2)16-12-31/h11-18,25-28,41H,6,19-24,29-30H2,1-5H3/q+1. The van der Waals surface area contributed by atoms with Crippen molar-refractivity contribution in [3.8, 4) is 35.2 Å². The van der Waals surface area contributed by atoms with Crippen molar-refractivity contribution < 1.29 is 23.1 Å². The summed E-state index contributed by atoms with van der Waals surface area (Å²) < 4.78 is 42.3. The molecule has 4 aromatic rings. The zero-order valence-electron chi connectivity index (χ0n) is 30.5. The maximum atomic E-state index is 13.5. The molecule has 1 saturated heterocycles. The molecule has 2 aromatic heterocycles. The summed E-state index contributed by atoms with van der Waals surface area (Å²) >= 11 is 0. The van der Waals surface area contributed by atoms with E-state index in [0.717, 1.165) is 84.4 Å². The molecule has 52 heavy (non-hydrogen) atoms. The van der Waals surface area contributed by atoms with Crippen LogP contribution in [0.15, 0.2) is 72.8 Å². The van der Waals surface area contributed by atoms with Crippen LogP contribution in [0, 0.1) is 23.7 Å². The molecule has 10 nitrogen and oxygen atoms in total. The Bertz CT molecular complexity index is 2020. The Labute approximate surface area is 308 Å². The number of nitrogens with one attached hydrogen (secondary N) is 1. The second-order valence-corrected chi connectivity index (χ2v) is 16.3. The third-order valence-corrected chi connectivity index (χ3v) is 11.1. The second kappa shape index (κ2) is 18.9. The molecule has 3 heterocycles. The molecule has 1 N–H and O–H groups in total. The van der Waals surface area contributed by atoms with E-state index >= 15 is 0 Å². The van der Waals surface area contributed by atoms with Gasteiger partial charge in [0.2, 0.25) is 7.37 Å².